The first-order valence-electron chi connectivity index (χ1n) is 9.16. The highest BCUT2D eigenvalue weighted by Gasteiger charge is 2.38. The number of alkyl halides is 3. The van der Waals surface area contributed by atoms with Gasteiger partial charge in [-0.1, -0.05) is 6.07 Å². The fraction of sp³-hybridized carbons (Fsp3) is 0.300. The van der Waals surface area contributed by atoms with E-state index in [4.69, 9.17) is 14.2 Å². The number of amides is 1. The van der Waals surface area contributed by atoms with Crippen LogP contribution in [0.3, 0.4) is 0 Å². The van der Waals surface area contributed by atoms with Gasteiger partial charge >= 0.3 is 6.18 Å². The number of ether oxygens (including phenoxy) is 3. The molecular weight excluding hydrogens is 403 g/mol. The molecule has 0 aliphatic carbocycles. The predicted octanol–water partition coefficient (Wildman–Crippen LogP) is 3.86. The lowest BCUT2D eigenvalue weighted by molar-refractivity contribution is -0.147. The number of halogens is 3. The van der Waals surface area contributed by atoms with E-state index in [1.165, 1.54) is 19.2 Å². The van der Waals surface area contributed by atoms with Crippen molar-refractivity contribution in [3.63, 3.8) is 0 Å². The monoisotopic (exact) mass is 421 g/mol. The molecule has 2 heterocycles. The molecule has 0 atom stereocenters. The molecular formula is C20H18F3N3O4. The van der Waals surface area contributed by atoms with E-state index in [9.17, 15) is 18.0 Å². The first-order valence-corrected chi connectivity index (χ1v) is 9.16. The van der Waals surface area contributed by atoms with Crippen LogP contribution in [0.2, 0.25) is 0 Å². The summed E-state index contributed by atoms with van der Waals surface area (Å²) in [5.74, 6) is -0.641. The minimum atomic E-state index is -4.74. The number of nitrogens with zero attached hydrogens (tertiary/aromatic N) is 2. The molecule has 1 amide bonds. The Hall–Kier alpha value is -3.43. The van der Waals surface area contributed by atoms with Crippen LogP contribution in [-0.4, -0.2) is 35.8 Å². The lowest BCUT2D eigenvalue weighted by Crippen LogP contribution is -2.23. The molecule has 7 nitrogen and oxygen atoms in total. The molecule has 0 saturated heterocycles. The molecule has 1 aliphatic rings. The van der Waals surface area contributed by atoms with Crippen molar-refractivity contribution in [1.29, 1.82) is 0 Å². The fourth-order valence-corrected chi connectivity index (χ4v) is 3.20. The van der Waals surface area contributed by atoms with E-state index in [1.54, 1.807) is 24.3 Å². The highest BCUT2D eigenvalue weighted by atomic mass is 19.4. The van der Waals surface area contributed by atoms with Gasteiger partial charge in [0.05, 0.1) is 31.4 Å². The molecule has 4 rings (SSSR count). The van der Waals surface area contributed by atoms with Gasteiger partial charge in [0.2, 0.25) is 11.7 Å². The number of hydrogen-bond acceptors (Lipinski definition) is 5. The van der Waals surface area contributed by atoms with Gasteiger partial charge in [-0.2, -0.15) is 13.2 Å². The summed E-state index contributed by atoms with van der Waals surface area (Å²) < 4.78 is 57.8. The quantitative estimate of drug-likeness (QED) is 0.693. The van der Waals surface area contributed by atoms with Crippen molar-refractivity contribution in [3.8, 4) is 17.2 Å². The molecule has 0 radical (unpaired) electrons. The first kappa shape index (κ1) is 19.9. The summed E-state index contributed by atoms with van der Waals surface area (Å²) in [6.45, 7) is 0.200. The topological polar surface area (TPSA) is 74.6 Å². The standard InChI is InChI=1S/C20H18F3N3O4/c1-28-13-5-2-4-12(8-13)24-18(27)11-26-15-10-17-16(29-6-3-7-30-17)9-14(15)25-19(26)20(21,22)23/h2,4-5,8-10H,3,6-7,11H2,1H3,(H,24,27). The van der Waals surface area contributed by atoms with Crippen molar-refractivity contribution >= 4 is 22.6 Å². The SMILES string of the molecule is COc1cccc(NC(=O)Cn2c(C(F)(F)F)nc3cc4c(cc32)OCCCO4)c1. The number of methoxy groups -OCH3 is 1. The van der Waals surface area contributed by atoms with E-state index >= 15 is 0 Å². The van der Waals surface area contributed by atoms with Crippen molar-refractivity contribution in [2.24, 2.45) is 0 Å². The van der Waals surface area contributed by atoms with E-state index in [-0.39, 0.29) is 11.0 Å². The van der Waals surface area contributed by atoms with Gasteiger partial charge in [-0.05, 0) is 12.1 Å². The van der Waals surface area contributed by atoms with E-state index in [2.05, 4.69) is 10.3 Å². The number of benzene rings is 2. The third-order valence-corrected chi connectivity index (χ3v) is 4.53. The second-order valence-corrected chi connectivity index (χ2v) is 6.64. The van der Waals surface area contributed by atoms with Gasteiger partial charge in [-0.3, -0.25) is 4.79 Å². The predicted molar refractivity (Wildman–Crippen MR) is 102 cm³/mol. The Morgan fingerprint density at radius 2 is 1.93 bits per heavy atom. The smallest absolute Gasteiger partial charge is 0.449 e. The molecule has 30 heavy (non-hydrogen) atoms. The van der Waals surface area contributed by atoms with Crippen LogP contribution in [0.25, 0.3) is 11.0 Å². The van der Waals surface area contributed by atoms with E-state index < -0.39 is 24.5 Å². The van der Waals surface area contributed by atoms with Crippen LogP contribution >= 0.6 is 0 Å². The van der Waals surface area contributed by atoms with Crippen LogP contribution in [0, 0.1) is 0 Å². The Kier molecular flexibility index (Phi) is 5.15. The zero-order chi connectivity index (χ0) is 21.3. The molecule has 2 aromatic carbocycles. The number of anilines is 1. The normalized spacial score (nSPS) is 13.7. The number of aromatic nitrogens is 2. The minimum absolute atomic E-state index is 0.0701. The number of rotatable bonds is 4. The van der Waals surface area contributed by atoms with E-state index in [0.717, 1.165) is 4.57 Å². The average Bonchev–Trinajstić information content (AvgIpc) is 2.89. The molecule has 158 valence electrons. The maximum absolute atomic E-state index is 13.6. The highest BCUT2D eigenvalue weighted by molar-refractivity contribution is 5.92. The van der Waals surface area contributed by atoms with Crippen LogP contribution in [0.5, 0.6) is 17.2 Å². The van der Waals surface area contributed by atoms with Crippen molar-refractivity contribution in [2.45, 2.75) is 19.1 Å². The maximum atomic E-state index is 13.6. The summed E-state index contributed by atoms with van der Waals surface area (Å²) in [6, 6.07) is 9.37. The molecule has 0 saturated carbocycles. The van der Waals surface area contributed by atoms with Crippen LogP contribution < -0.4 is 19.5 Å². The summed E-state index contributed by atoms with van der Waals surface area (Å²) in [4.78, 5) is 16.2. The van der Waals surface area contributed by atoms with Gasteiger partial charge in [-0.15, -0.1) is 0 Å². The number of hydrogen-bond donors (Lipinski definition) is 1. The first-order chi connectivity index (χ1) is 14.3. The van der Waals surface area contributed by atoms with Gasteiger partial charge < -0.3 is 24.1 Å². The van der Waals surface area contributed by atoms with Crippen molar-refractivity contribution in [2.75, 3.05) is 25.6 Å². The average molecular weight is 421 g/mol. The van der Waals surface area contributed by atoms with Crippen LogP contribution in [0.1, 0.15) is 12.2 Å². The summed E-state index contributed by atoms with van der Waals surface area (Å²) >= 11 is 0. The summed E-state index contributed by atoms with van der Waals surface area (Å²) in [5.41, 5.74) is 0.607. The number of imidazole rings is 1. The molecule has 0 spiro atoms. The Balaban J connectivity index is 1.70. The molecule has 10 heteroatoms. The van der Waals surface area contributed by atoms with E-state index in [1.807, 2.05) is 0 Å². The van der Waals surface area contributed by atoms with Crippen LogP contribution in [0.4, 0.5) is 18.9 Å². The Bertz CT molecular complexity index is 1090. The molecule has 3 aromatic rings. The van der Waals surface area contributed by atoms with Gasteiger partial charge in [0.1, 0.15) is 12.3 Å². The van der Waals surface area contributed by atoms with Gasteiger partial charge in [0.25, 0.3) is 0 Å². The van der Waals surface area contributed by atoms with Crippen molar-refractivity contribution in [1.82, 2.24) is 9.55 Å². The molecule has 0 bridgehead atoms. The van der Waals surface area contributed by atoms with Crippen molar-refractivity contribution < 1.29 is 32.2 Å². The molecule has 0 unspecified atom stereocenters. The number of nitrogens with one attached hydrogen (secondary N) is 1. The summed E-state index contributed by atoms with van der Waals surface area (Å²) in [7, 11) is 1.48. The Labute approximate surface area is 169 Å². The molecule has 1 N–H and O–H groups in total. The number of fused-ring (bicyclic) bond motifs is 2. The minimum Gasteiger partial charge on any atom is -0.497 e. The van der Waals surface area contributed by atoms with Gasteiger partial charge in [0, 0.05) is 30.3 Å². The van der Waals surface area contributed by atoms with Crippen LogP contribution in [0.15, 0.2) is 36.4 Å². The van der Waals surface area contributed by atoms with Gasteiger partial charge in [0.15, 0.2) is 11.5 Å². The Morgan fingerprint density at radius 3 is 2.63 bits per heavy atom. The largest absolute Gasteiger partial charge is 0.497 e. The second kappa shape index (κ2) is 7.77. The van der Waals surface area contributed by atoms with Crippen molar-refractivity contribution in [3.05, 3.63) is 42.2 Å². The van der Waals surface area contributed by atoms with Crippen LogP contribution in [-0.2, 0) is 17.5 Å². The summed E-state index contributed by atoms with van der Waals surface area (Å²) in [6.07, 6.45) is -4.09. The number of carbonyl (C=O) groups excluding carboxylic acids is 1. The highest BCUT2D eigenvalue weighted by Crippen LogP contribution is 2.37. The zero-order valence-electron chi connectivity index (χ0n) is 16.0. The second-order valence-electron chi connectivity index (χ2n) is 6.64. The Morgan fingerprint density at radius 1 is 1.20 bits per heavy atom. The fourth-order valence-electron chi connectivity index (χ4n) is 3.20. The summed E-state index contributed by atoms with van der Waals surface area (Å²) in [5, 5.41) is 2.58. The molecule has 1 aromatic heterocycles. The number of carbonyl (C=O) groups is 1. The zero-order valence-corrected chi connectivity index (χ0v) is 16.0. The maximum Gasteiger partial charge on any atom is 0.449 e. The molecule has 1 aliphatic heterocycles. The third kappa shape index (κ3) is 3.98. The van der Waals surface area contributed by atoms with E-state index in [0.29, 0.717) is 42.6 Å². The third-order valence-electron chi connectivity index (χ3n) is 4.53. The molecule has 0 fully saturated rings. The van der Waals surface area contributed by atoms with Gasteiger partial charge in [-0.25, -0.2) is 4.98 Å². The lowest BCUT2D eigenvalue weighted by Gasteiger charge is -2.13. The lowest BCUT2D eigenvalue weighted by atomic mass is 10.2.